The van der Waals surface area contributed by atoms with Crippen molar-refractivity contribution in [1.82, 2.24) is 15.1 Å². The summed E-state index contributed by atoms with van der Waals surface area (Å²) in [5, 5.41) is 3.64. The minimum Gasteiger partial charge on any atom is -0.314 e. The Morgan fingerprint density at radius 3 is 2.78 bits per heavy atom. The molecule has 2 rings (SSSR count). The average molecular weight is 253 g/mol. The molecule has 1 N–H and O–H groups in total. The molecule has 0 bridgehead atoms. The molecule has 2 unspecified atom stereocenters. The third-order valence-corrected chi connectivity index (χ3v) is 4.38. The molecule has 2 fully saturated rings. The Labute approximate surface area is 113 Å². The first-order valence-electron chi connectivity index (χ1n) is 7.85. The second-order valence-corrected chi connectivity index (χ2v) is 6.43. The van der Waals surface area contributed by atoms with Crippen molar-refractivity contribution in [1.29, 1.82) is 0 Å². The van der Waals surface area contributed by atoms with E-state index in [1.807, 2.05) is 0 Å². The van der Waals surface area contributed by atoms with Crippen molar-refractivity contribution in [3.05, 3.63) is 0 Å². The highest BCUT2D eigenvalue weighted by molar-refractivity contribution is 4.83. The third-order valence-electron chi connectivity index (χ3n) is 4.38. The Hall–Kier alpha value is -0.120. The summed E-state index contributed by atoms with van der Waals surface area (Å²) in [5.41, 5.74) is 0. The number of hydrogen-bond donors (Lipinski definition) is 1. The van der Waals surface area contributed by atoms with Crippen LogP contribution in [0.4, 0.5) is 0 Å². The number of hydrogen-bond acceptors (Lipinski definition) is 3. The summed E-state index contributed by atoms with van der Waals surface area (Å²) in [6, 6.07) is 1.66. The largest absolute Gasteiger partial charge is 0.314 e. The minimum absolute atomic E-state index is 0.770. The molecular weight excluding hydrogens is 222 g/mol. The smallest absolute Gasteiger partial charge is 0.0223 e. The Morgan fingerprint density at radius 2 is 2.11 bits per heavy atom. The molecule has 1 heterocycles. The van der Waals surface area contributed by atoms with Gasteiger partial charge in [-0.15, -0.1) is 0 Å². The van der Waals surface area contributed by atoms with E-state index in [-0.39, 0.29) is 0 Å². The minimum atomic E-state index is 0.770. The van der Waals surface area contributed by atoms with Crippen LogP contribution in [0.1, 0.15) is 39.5 Å². The second kappa shape index (κ2) is 6.88. The van der Waals surface area contributed by atoms with Gasteiger partial charge in [-0.1, -0.05) is 13.8 Å². The van der Waals surface area contributed by atoms with Gasteiger partial charge in [-0.2, -0.15) is 0 Å². The molecule has 0 radical (unpaired) electrons. The Kier molecular flexibility index (Phi) is 5.46. The van der Waals surface area contributed by atoms with Gasteiger partial charge in [-0.05, 0) is 58.3 Å². The van der Waals surface area contributed by atoms with Gasteiger partial charge >= 0.3 is 0 Å². The van der Waals surface area contributed by atoms with Crippen molar-refractivity contribution < 1.29 is 0 Å². The van der Waals surface area contributed by atoms with E-state index >= 15 is 0 Å². The normalized spacial score (nSPS) is 27.0. The molecule has 0 aromatic heterocycles. The highest BCUT2D eigenvalue weighted by Crippen LogP contribution is 2.19. The Morgan fingerprint density at radius 1 is 1.33 bits per heavy atom. The number of nitrogens with zero attached hydrogens (tertiary/aromatic N) is 2. The predicted molar refractivity (Wildman–Crippen MR) is 78.0 cm³/mol. The Bertz CT molecular complexity index is 240. The molecule has 0 spiro atoms. The maximum absolute atomic E-state index is 3.64. The van der Waals surface area contributed by atoms with Gasteiger partial charge in [0, 0.05) is 25.2 Å². The molecule has 2 atom stereocenters. The standard InChI is InChI=1S/C15H31N3/c1-4-18-9-5-6-15(18)12-17(3)11-13(2)10-16-14-7-8-14/h13-16H,4-12H2,1-3H3. The van der Waals surface area contributed by atoms with Crippen molar-refractivity contribution in [3.63, 3.8) is 0 Å². The summed E-state index contributed by atoms with van der Waals surface area (Å²) in [4.78, 5) is 5.18. The van der Waals surface area contributed by atoms with E-state index in [0.717, 1.165) is 18.0 Å². The van der Waals surface area contributed by atoms with E-state index in [1.165, 1.54) is 58.4 Å². The van der Waals surface area contributed by atoms with Gasteiger partial charge in [0.2, 0.25) is 0 Å². The van der Waals surface area contributed by atoms with E-state index in [9.17, 15) is 0 Å². The van der Waals surface area contributed by atoms with Gasteiger partial charge in [-0.25, -0.2) is 0 Å². The van der Waals surface area contributed by atoms with Crippen LogP contribution in [0.5, 0.6) is 0 Å². The first-order chi connectivity index (χ1) is 8.69. The van der Waals surface area contributed by atoms with Crippen LogP contribution in [-0.2, 0) is 0 Å². The van der Waals surface area contributed by atoms with Gasteiger partial charge in [-0.3, -0.25) is 4.90 Å². The van der Waals surface area contributed by atoms with Crippen LogP contribution in [-0.4, -0.2) is 61.7 Å². The quantitative estimate of drug-likeness (QED) is 0.711. The van der Waals surface area contributed by atoms with Crippen LogP contribution in [0.25, 0.3) is 0 Å². The van der Waals surface area contributed by atoms with Crippen molar-refractivity contribution in [2.75, 3.05) is 39.8 Å². The summed E-state index contributed by atoms with van der Waals surface area (Å²) in [6.07, 6.45) is 5.59. The molecule has 1 aliphatic carbocycles. The zero-order valence-electron chi connectivity index (χ0n) is 12.5. The van der Waals surface area contributed by atoms with Crippen LogP contribution < -0.4 is 5.32 Å². The topological polar surface area (TPSA) is 18.5 Å². The third kappa shape index (κ3) is 4.52. The molecule has 0 amide bonds. The monoisotopic (exact) mass is 253 g/mol. The fourth-order valence-corrected chi connectivity index (χ4v) is 3.20. The second-order valence-electron chi connectivity index (χ2n) is 6.43. The fraction of sp³-hybridized carbons (Fsp3) is 1.00. The lowest BCUT2D eigenvalue weighted by Gasteiger charge is -2.29. The molecule has 0 aromatic rings. The SMILES string of the molecule is CCN1CCCC1CN(C)CC(C)CNC1CC1. The zero-order valence-corrected chi connectivity index (χ0v) is 12.5. The maximum atomic E-state index is 3.64. The van der Waals surface area contributed by atoms with E-state index in [0.29, 0.717) is 0 Å². The van der Waals surface area contributed by atoms with Crippen molar-refractivity contribution in [2.24, 2.45) is 5.92 Å². The predicted octanol–water partition coefficient (Wildman–Crippen LogP) is 1.79. The highest BCUT2D eigenvalue weighted by Gasteiger charge is 2.25. The molecule has 1 saturated carbocycles. The first kappa shape index (κ1) is 14.3. The number of likely N-dealkylation sites (N-methyl/N-ethyl adjacent to an activating group) is 2. The zero-order chi connectivity index (χ0) is 13.0. The molecule has 2 aliphatic rings. The van der Waals surface area contributed by atoms with Crippen LogP contribution in [0, 0.1) is 5.92 Å². The van der Waals surface area contributed by atoms with E-state index in [2.05, 4.69) is 36.0 Å². The van der Waals surface area contributed by atoms with Crippen LogP contribution >= 0.6 is 0 Å². The van der Waals surface area contributed by atoms with Crippen molar-refractivity contribution in [2.45, 2.75) is 51.6 Å². The number of nitrogens with one attached hydrogen (secondary N) is 1. The summed E-state index contributed by atoms with van der Waals surface area (Å²) < 4.78 is 0. The molecule has 3 nitrogen and oxygen atoms in total. The number of likely N-dealkylation sites (tertiary alicyclic amines) is 1. The summed E-state index contributed by atoms with van der Waals surface area (Å²) in [7, 11) is 2.29. The lowest BCUT2D eigenvalue weighted by molar-refractivity contribution is 0.185. The lowest BCUT2D eigenvalue weighted by Crippen LogP contribution is -2.41. The maximum Gasteiger partial charge on any atom is 0.0223 e. The molecule has 0 aromatic carbocycles. The van der Waals surface area contributed by atoms with Crippen LogP contribution in [0.2, 0.25) is 0 Å². The van der Waals surface area contributed by atoms with Gasteiger partial charge in [0.15, 0.2) is 0 Å². The molecule has 106 valence electrons. The van der Waals surface area contributed by atoms with E-state index in [1.54, 1.807) is 0 Å². The van der Waals surface area contributed by atoms with Crippen molar-refractivity contribution >= 4 is 0 Å². The number of rotatable bonds is 8. The molecule has 1 saturated heterocycles. The molecular formula is C15H31N3. The Balaban J connectivity index is 1.62. The van der Waals surface area contributed by atoms with E-state index < -0.39 is 0 Å². The van der Waals surface area contributed by atoms with Gasteiger partial charge in [0.1, 0.15) is 0 Å². The van der Waals surface area contributed by atoms with Gasteiger partial charge in [0.05, 0.1) is 0 Å². The summed E-state index contributed by atoms with van der Waals surface area (Å²) >= 11 is 0. The molecule has 18 heavy (non-hydrogen) atoms. The highest BCUT2D eigenvalue weighted by atomic mass is 15.2. The lowest BCUT2D eigenvalue weighted by atomic mass is 10.1. The van der Waals surface area contributed by atoms with Gasteiger partial charge in [0.25, 0.3) is 0 Å². The average Bonchev–Trinajstić information content (AvgIpc) is 3.06. The molecule has 1 aliphatic heterocycles. The van der Waals surface area contributed by atoms with Crippen molar-refractivity contribution in [3.8, 4) is 0 Å². The van der Waals surface area contributed by atoms with Crippen LogP contribution in [0.3, 0.4) is 0 Å². The van der Waals surface area contributed by atoms with E-state index in [4.69, 9.17) is 0 Å². The fourth-order valence-electron chi connectivity index (χ4n) is 3.20. The van der Waals surface area contributed by atoms with Gasteiger partial charge < -0.3 is 10.2 Å². The summed E-state index contributed by atoms with van der Waals surface area (Å²) in [5.74, 6) is 0.770. The van der Waals surface area contributed by atoms with Crippen LogP contribution in [0.15, 0.2) is 0 Å². The first-order valence-corrected chi connectivity index (χ1v) is 7.85. The summed E-state index contributed by atoms with van der Waals surface area (Å²) in [6.45, 7) is 10.9. The molecule has 3 heteroatoms.